The van der Waals surface area contributed by atoms with E-state index in [1.54, 1.807) is 0 Å². The van der Waals surface area contributed by atoms with Gasteiger partial charge in [-0.05, 0) is 36.4 Å². The molecule has 0 fully saturated rings. The molecule has 0 aliphatic heterocycles. The van der Waals surface area contributed by atoms with E-state index >= 15 is 0 Å². The van der Waals surface area contributed by atoms with Gasteiger partial charge in [0.15, 0.2) is 0 Å². The minimum absolute atomic E-state index is 0.0208. The first-order chi connectivity index (χ1) is 9.47. The number of carboxylic acid groups (broad SMARTS) is 1. The van der Waals surface area contributed by atoms with E-state index in [1.165, 1.54) is 18.2 Å². The summed E-state index contributed by atoms with van der Waals surface area (Å²) < 4.78 is 38.6. The van der Waals surface area contributed by atoms with Gasteiger partial charge in [0.2, 0.25) is 0 Å². The fourth-order valence-electron chi connectivity index (χ4n) is 1.65. The largest absolute Gasteiger partial charge is 0.478 e. The Morgan fingerprint density at radius 1 is 1.15 bits per heavy atom. The van der Waals surface area contributed by atoms with Gasteiger partial charge in [-0.25, -0.2) is 13.6 Å². The van der Waals surface area contributed by atoms with Crippen LogP contribution in [0.4, 0.5) is 8.78 Å². The number of carboxylic acids is 1. The van der Waals surface area contributed by atoms with Crippen molar-refractivity contribution < 1.29 is 22.9 Å². The van der Waals surface area contributed by atoms with Crippen LogP contribution in [0.2, 0.25) is 0 Å². The van der Waals surface area contributed by atoms with Crippen LogP contribution in [-0.4, -0.2) is 15.3 Å². The van der Waals surface area contributed by atoms with Crippen LogP contribution >= 0.6 is 0 Å². The number of carbonyl (C=O) groups is 1. The molecule has 0 heterocycles. The molecule has 1 atom stereocenters. The predicted octanol–water partition coefficient (Wildman–Crippen LogP) is 2.97. The number of aromatic carboxylic acids is 1. The molecule has 20 heavy (non-hydrogen) atoms. The topological polar surface area (TPSA) is 54.4 Å². The summed E-state index contributed by atoms with van der Waals surface area (Å²) in [6, 6.07) is 8.48. The fraction of sp³-hybridized carbons (Fsp3) is 0.0714. The summed E-state index contributed by atoms with van der Waals surface area (Å²) in [5, 5.41) is 8.84. The van der Waals surface area contributed by atoms with E-state index in [4.69, 9.17) is 5.11 Å². The molecule has 2 aromatic rings. The Morgan fingerprint density at radius 2 is 1.90 bits per heavy atom. The van der Waals surface area contributed by atoms with Gasteiger partial charge in [0.05, 0.1) is 22.1 Å². The van der Waals surface area contributed by atoms with E-state index in [0.29, 0.717) is 0 Å². The first kappa shape index (κ1) is 14.3. The Hall–Kier alpha value is -2.08. The van der Waals surface area contributed by atoms with Crippen molar-refractivity contribution in [1.29, 1.82) is 0 Å². The third-order valence-electron chi connectivity index (χ3n) is 2.64. The van der Waals surface area contributed by atoms with E-state index in [2.05, 4.69) is 0 Å². The Labute approximate surface area is 116 Å². The second-order valence-corrected chi connectivity index (χ2v) is 5.51. The highest BCUT2D eigenvalue weighted by Gasteiger charge is 2.12. The van der Waals surface area contributed by atoms with Crippen LogP contribution in [0.1, 0.15) is 15.9 Å². The number of rotatable bonds is 4. The van der Waals surface area contributed by atoms with Crippen molar-refractivity contribution in [2.24, 2.45) is 0 Å². The molecule has 0 bridgehead atoms. The lowest BCUT2D eigenvalue weighted by Gasteiger charge is -2.05. The highest BCUT2D eigenvalue weighted by molar-refractivity contribution is 7.84. The third kappa shape index (κ3) is 3.27. The smallest absolute Gasteiger partial charge is 0.335 e. The van der Waals surface area contributed by atoms with Gasteiger partial charge in [0, 0.05) is 10.5 Å². The quantitative estimate of drug-likeness (QED) is 0.943. The molecule has 0 saturated heterocycles. The van der Waals surface area contributed by atoms with Gasteiger partial charge in [-0.15, -0.1) is 0 Å². The molecule has 104 valence electrons. The molecule has 0 spiro atoms. The Balaban J connectivity index is 2.27. The van der Waals surface area contributed by atoms with E-state index in [-0.39, 0.29) is 21.8 Å². The van der Waals surface area contributed by atoms with Crippen LogP contribution in [0.25, 0.3) is 0 Å². The maximum atomic E-state index is 13.6. The summed E-state index contributed by atoms with van der Waals surface area (Å²) >= 11 is 0. The Morgan fingerprint density at radius 3 is 2.55 bits per heavy atom. The second kappa shape index (κ2) is 5.92. The van der Waals surface area contributed by atoms with Crippen molar-refractivity contribution in [3.8, 4) is 0 Å². The van der Waals surface area contributed by atoms with Gasteiger partial charge in [0.25, 0.3) is 0 Å². The minimum Gasteiger partial charge on any atom is -0.478 e. The second-order valence-electron chi connectivity index (χ2n) is 4.06. The molecule has 0 saturated carbocycles. The molecule has 0 radical (unpaired) electrons. The summed E-state index contributed by atoms with van der Waals surface area (Å²) in [7, 11) is -1.65. The van der Waals surface area contributed by atoms with Gasteiger partial charge >= 0.3 is 5.97 Å². The number of hydrogen-bond donors (Lipinski definition) is 1. The van der Waals surface area contributed by atoms with Crippen molar-refractivity contribution in [3.63, 3.8) is 0 Å². The van der Waals surface area contributed by atoms with Crippen molar-refractivity contribution in [3.05, 3.63) is 65.2 Å². The number of halogens is 2. The fourth-order valence-corrected chi connectivity index (χ4v) is 2.80. The first-order valence-electron chi connectivity index (χ1n) is 5.63. The summed E-state index contributed by atoms with van der Waals surface area (Å²) in [4.78, 5) is 11.0. The lowest BCUT2D eigenvalue weighted by Crippen LogP contribution is -2.03. The van der Waals surface area contributed by atoms with Gasteiger partial charge in [-0.1, -0.05) is 6.07 Å². The minimum atomic E-state index is -1.65. The van der Waals surface area contributed by atoms with Crippen LogP contribution in [0.5, 0.6) is 0 Å². The molecule has 2 aromatic carbocycles. The molecule has 0 aliphatic rings. The molecule has 1 N–H and O–H groups in total. The third-order valence-corrected chi connectivity index (χ3v) is 3.99. The molecule has 0 amide bonds. The number of hydrogen-bond acceptors (Lipinski definition) is 2. The zero-order valence-corrected chi connectivity index (χ0v) is 11.0. The summed E-state index contributed by atoms with van der Waals surface area (Å²) in [6.07, 6.45) is 0. The Bertz CT molecular complexity index is 686. The van der Waals surface area contributed by atoms with E-state index < -0.39 is 28.4 Å². The average Bonchev–Trinajstić information content (AvgIpc) is 2.41. The zero-order chi connectivity index (χ0) is 14.7. The molecular weight excluding hydrogens is 286 g/mol. The Kier molecular flexibility index (Phi) is 4.24. The van der Waals surface area contributed by atoms with Crippen LogP contribution in [0.3, 0.4) is 0 Å². The van der Waals surface area contributed by atoms with Crippen molar-refractivity contribution >= 4 is 16.8 Å². The molecule has 0 aliphatic carbocycles. The molecule has 3 nitrogen and oxygen atoms in total. The van der Waals surface area contributed by atoms with Gasteiger partial charge in [-0.2, -0.15) is 0 Å². The van der Waals surface area contributed by atoms with E-state index in [9.17, 15) is 17.8 Å². The maximum Gasteiger partial charge on any atom is 0.335 e. The highest BCUT2D eigenvalue weighted by atomic mass is 32.2. The number of benzene rings is 2. The summed E-state index contributed by atoms with van der Waals surface area (Å²) in [5.41, 5.74) is -0.0647. The zero-order valence-electron chi connectivity index (χ0n) is 10.2. The molecule has 2 rings (SSSR count). The lowest BCUT2D eigenvalue weighted by atomic mass is 10.1. The normalized spacial score (nSPS) is 12.1. The van der Waals surface area contributed by atoms with Crippen molar-refractivity contribution in [2.45, 2.75) is 10.6 Å². The van der Waals surface area contributed by atoms with Crippen molar-refractivity contribution in [2.75, 3.05) is 0 Å². The molecule has 0 aromatic heterocycles. The highest BCUT2D eigenvalue weighted by Crippen LogP contribution is 2.17. The SMILES string of the molecule is O=C(O)c1ccc(F)c(CS(=O)c2cccc(F)c2)c1. The van der Waals surface area contributed by atoms with Crippen LogP contribution in [0, 0.1) is 11.6 Å². The average molecular weight is 296 g/mol. The van der Waals surface area contributed by atoms with Gasteiger partial charge in [0.1, 0.15) is 11.6 Å². The lowest BCUT2D eigenvalue weighted by molar-refractivity contribution is 0.0696. The van der Waals surface area contributed by atoms with E-state index in [1.807, 2.05) is 0 Å². The standard InChI is InChI=1S/C14H10F2O3S/c15-11-2-1-3-12(7-11)20(19)8-10-6-9(14(17)18)4-5-13(10)16/h1-7H,8H2,(H,17,18). The van der Waals surface area contributed by atoms with Crippen LogP contribution in [-0.2, 0) is 16.6 Å². The summed E-state index contributed by atoms with van der Waals surface area (Å²) in [5.74, 6) is -2.57. The molecule has 1 unspecified atom stereocenters. The van der Waals surface area contributed by atoms with E-state index in [0.717, 1.165) is 24.3 Å². The van der Waals surface area contributed by atoms with Gasteiger partial charge in [-0.3, -0.25) is 4.21 Å². The summed E-state index contributed by atoms with van der Waals surface area (Å²) in [6.45, 7) is 0. The first-order valence-corrected chi connectivity index (χ1v) is 6.95. The molecular formula is C14H10F2O3S. The monoisotopic (exact) mass is 296 g/mol. The molecule has 6 heteroatoms. The predicted molar refractivity (Wildman–Crippen MR) is 69.9 cm³/mol. The van der Waals surface area contributed by atoms with Crippen LogP contribution in [0.15, 0.2) is 47.4 Å². The van der Waals surface area contributed by atoms with Crippen LogP contribution < -0.4 is 0 Å². The maximum absolute atomic E-state index is 13.6. The van der Waals surface area contributed by atoms with Gasteiger partial charge < -0.3 is 5.11 Å². The van der Waals surface area contributed by atoms with Crippen molar-refractivity contribution in [1.82, 2.24) is 0 Å².